The predicted octanol–water partition coefficient (Wildman–Crippen LogP) is 3.03. The molecule has 1 fully saturated rings. The first-order valence-electron chi connectivity index (χ1n) is 8.36. The molecule has 1 aromatic carbocycles. The van der Waals surface area contributed by atoms with Gasteiger partial charge in [-0.15, -0.1) is 0 Å². The minimum absolute atomic E-state index is 0.0407. The third kappa shape index (κ3) is 3.49. The molecule has 2 heterocycles. The van der Waals surface area contributed by atoms with Crippen molar-refractivity contribution in [2.24, 2.45) is 0 Å². The van der Waals surface area contributed by atoms with Gasteiger partial charge >= 0.3 is 6.55 Å². The molecule has 0 aliphatic carbocycles. The van der Waals surface area contributed by atoms with Crippen molar-refractivity contribution in [3.8, 4) is 5.75 Å². The maximum absolute atomic E-state index is 12.7. The SMILES string of the molecule is COc1ccc(N2CCN(C(=O)c3ccn(C(F)F)n3)CC2(C)C)cc1. The van der Waals surface area contributed by atoms with Crippen molar-refractivity contribution in [1.82, 2.24) is 14.7 Å². The van der Waals surface area contributed by atoms with Crippen LogP contribution in [0.3, 0.4) is 0 Å². The maximum Gasteiger partial charge on any atom is 0.333 e. The lowest BCUT2D eigenvalue weighted by atomic mass is 9.97. The number of ether oxygens (including phenoxy) is 1. The predicted molar refractivity (Wildman–Crippen MR) is 93.8 cm³/mol. The lowest BCUT2D eigenvalue weighted by Crippen LogP contribution is -2.60. The van der Waals surface area contributed by atoms with Gasteiger partial charge < -0.3 is 14.5 Å². The lowest BCUT2D eigenvalue weighted by molar-refractivity contribution is 0.0544. The van der Waals surface area contributed by atoms with Gasteiger partial charge in [0.05, 0.1) is 12.6 Å². The Morgan fingerprint density at radius 1 is 1.19 bits per heavy atom. The number of amides is 1. The fraction of sp³-hybridized carbons (Fsp3) is 0.444. The van der Waals surface area contributed by atoms with Gasteiger partial charge in [-0.3, -0.25) is 4.79 Å². The maximum atomic E-state index is 12.7. The van der Waals surface area contributed by atoms with Crippen LogP contribution in [0.25, 0.3) is 0 Å². The van der Waals surface area contributed by atoms with Crippen LogP contribution in [-0.2, 0) is 0 Å². The normalized spacial score (nSPS) is 16.8. The summed E-state index contributed by atoms with van der Waals surface area (Å²) in [5.41, 5.74) is 0.775. The Balaban J connectivity index is 1.73. The Kier molecular flexibility index (Phi) is 4.84. The number of hydrogen-bond donors (Lipinski definition) is 0. The standard InChI is InChI=1S/C18H22F2N4O2/c1-18(2)12-22(16(25)15-8-9-24(21-15)17(19)20)10-11-23(18)13-4-6-14(26-3)7-5-13/h4-9,17H,10-12H2,1-3H3. The topological polar surface area (TPSA) is 50.6 Å². The highest BCUT2D eigenvalue weighted by atomic mass is 19.3. The van der Waals surface area contributed by atoms with Crippen LogP contribution in [0.2, 0.25) is 0 Å². The van der Waals surface area contributed by atoms with Crippen molar-refractivity contribution < 1.29 is 18.3 Å². The number of benzene rings is 1. The van der Waals surface area contributed by atoms with E-state index < -0.39 is 6.55 Å². The molecule has 0 bridgehead atoms. The van der Waals surface area contributed by atoms with Gasteiger partial charge in [-0.05, 0) is 44.2 Å². The average molecular weight is 364 g/mol. The van der Waals surface area contributed by atoms with E-state index in [1.807, 2.05) is 24.3 Å². The number of carbonyl (C=O) groups excluding carboxylic acids is 1. The van der Waals surface area contributed by atoms with Crippen LogP contribution >= 0.6 is 0 Å². The van der Waals surface area contributed by atoms with Gasteiger partial charge in [-0.25, -0.2) is 4.68 Å². The number of aromatic nitrogens is 2. The van der Waals surface area contributed by atoms with Crippen LogP contribution in [0.15, 0.2) is 36.5 Å². The zero-order valence-corrected chi connectivity index (χ0v) is 15.0. The largest absolute Gasteiger partial charge is 0.497 e. The highest BCUT2D eigenvalue weighted by Crippen LogP contribution is 2.29. The van der Waals surface area contributed by atoms with Crippen LogP contribution in [0, 0.1) is 0 Å². The van der Waals surface area contributed by atoms with E-state index in [1.54, 1.807) is 12.0 Å². The zero-order valence-electron chi connectivity index (χ0n) is 15.0. The minimum atomic E-state index is -2.75. The first-order chi connectivity index (χ1) is 12.3. The van der Waals surface area contributed by atoms with Crippen LogP contribution in [0.5, 0.6) is 5.75 Å². The van der Waals surface area contributed by atoms with Crippen LogP contribution in [0.1, 0.15) is 30.9 Å². The second kappa shape index (κ2) is 6.93. The van der Waals surface area contributed by atoms with Crippen molar-refractivity contribution in [2.45, 2.75) is 25.9 Å². The molecule has 0 unspecified atom stereocenters. The molecule has 0 saturated carbocycles. The van der Waals surface area contributed by atoms with E-state index in [2.05, 4.69) is 23.8 Å². The Bertz CT molecular complexity index is 774. The van der Waals surface area contributed by atoms with Gasteiger partial charge in [-0.2, -0.15) is 13.9 Å². The van der Waals surface area contributed by atoms with Gasteiger partial charge in [0.25, 0.3) is 5.91 Å². The lowest BCUT2D eigenvalue weighted by Gasteiger charge is -2.48. The molecular weight excluding hydrogens is 342 g/mol. The quantitative estimate of drug-likeness (QED) is 0.837. The van der Waals surface area contributed by atoms with Crippen molar-refractivity contribution in [2.75, 3.05) is 31.6 Å². The van der Waals surface area contributed by atoms with Crippen LogP contribution in [-0.4, -0.2) is 52.9 Å². The minimum Gasteiger partial charge on any atom is -0.497 e. The van der Waals surface area contributed by atoms with Crippen molar-refractivity contribution in [1.29, 1.82) is 0 Å². The Morgan fingerprint density at radius 2 is 1.88 bits per heavy atom. The highest BCUT2D eigenvalue weighted by Gasteiger charge is 2.36. The molecule has 0 N–H and O–H groups in total. The van der Waals surface area contributed by atoms with E-state index in [-0.39, 0.29) is 17.1 Å². The smallest absolute Gasteiger partial charge is 0.333 e. The molecule has 8 heteroatoms. The van der Waals surface area contributed by atoms with Crippen molar-refractivity contribution in [3.63, 3.8) is 0 Å². The number of nitrogens with zero attached hydrogens (tertiary/aromatic N) is 4. The molecule has 1 saturated heterocycles. The Morgan fingerprint density at radius 3 is 2.42 bits per heavy atom. The number of rotatable bonds is 4. The summed E-state index contributed by atoms with van der Waals surface area (Å²) in [5, 5.41) is 3.68. The molecule has 140 valence electrons. The average Bonchev–Trinajstić information content (AvgIpc) is 3.11. The molecule has 0 atom stereocenters. The number of alkyl halides is 2. The molecule has 0 spiro atoms. The number of halogens is 2. The van der Waals surface area contributed by atoms with Gasteiger partial charge in [-0.1, -0.05) is 0 Å². The summed E-state index contributed by atoms with van der Waals surface area (Å²) < 4.78 is 31.0. The van der Waals surface area contributed by atoms with E-state index in [0.29, 0.717) is 24.3 Å². The summed E-state index contributed by atoms with van der Waals surface area (Å²) in [6.45, 7) is 2.96. The van der Waals surface area contributed by atoms with Crippen molar-refractivity contribution in [3.05, 3.63) is 42.2 Å². The third-order valence-corrected chi connectivity index (χ3v) is 4.60. The fourth-order valence-electron chi connectivity index (χ4n) is 3.29. The van der Waals surface area contributed by atoms with Crippen LogP contribution < -0.4 is 9.64 Å². The summed E-state index contributed by atoms with van der Waals surface area (Å²) in [7, 11) is 1.62. The Hall–Kier alpha value is -2.64. The molecule has 26 heavy (non-hydrogen) atoms. The molecule has 1 aliphatic rings. The second-order valence-electron chi connectivity index (χ2n) is 6.85. The number of anilines is 1. The molecule has 3 rings (SSSR count). The first-order valence-corrected chi connectivity index (χ1v) is 8.36. The highest BCUT2D eigenvalue weighted by molar-refractivity contribution is 5.92. The molecule has 1 amide bonds. The summed E-state index contributed by atoms with van der Waals surface area (Å²) in [4.78, 5) is 16.5. The molecule has 6 nitrogen and oxygen atoms in total. The van der Waals surface area contributed by atoms with Crippen LogP contribution in [0.4, 0.5) is 14.5 Å². The molecular formula is C18H22F2N4O2. The number of hydrogen-bond acceptors (Lipinski definition) is 4. The van der Waals surface area contributed by atoms with E-state index in [9.17, 15) is 13.6 Å². The number of methoxy groups -OCH3 is 1. The molecule has 2 aromatic rings. The van der Waals surface area contributed by atoms with E-state index >= 15 is 0 Å². The first kappa shape index (κ1) is 18.2. The van der Waals surface area contributed by atoms with E-state index in [1.165, 1.54) is 6.07 Å². The van der Waals surface area contributed by atoms with Gasteiger partial charge in [0.1, 0.15) is 5.75 Å². The summed E-state index contributed by atoms with van der Waals surface area (Å²) in [6, 6.07) is 9.11. The van der Waals surface area contributed by atoms with E-state index in [0.717, 1.165) is 17.6 Å². The van der Waals surface area contributed by atoms with Gasteiger partial charge in [0.15, 0.2) is 5.69 Å². The summed E-state index contributed by atoms with van der Waals surface area (Å²) in [6.07, 6.45) is 1.12. The van der Waals surface area contributed by atoms with E-state index in [4.69, 9.17) is 4.74 Å². The summed E-state index contributed by atoms with van der Waals surface area (Å²) in [5.74, 6) is 0.460. The van der Waals surface area contributed by atoms with Crippen molar-refractivity contribution >= 4 is 11.6 Å². The Labute approximate surface area is 151 Å². The molecule has 1 aliphatic heterocycles. The third-order valence-electron chi connectivity index (χ3n) is 4.60. The molecule has 1 aromatic heterocycles. The second-order valence-corrected chi connectivity index (χ2v) is 6.85. The monoisotopic (exact) mass is 364 g/mol. The van der Waals surface area contributed by atoms with Gasteiger partial charge in [0, 0.05) is 31.5 Å². The van der Waals surface area contributed by atoms with Gasteiger partial charge in [0.2, 0.25) is 0 Å². The number of piperazine rings is 1. The zero-order chi connectivity index (χ0) is 18.9. The summed E-state index contributed by atoms with van der Waals surface area (Å²) >= 11 is 0. The number of carbonyl (C=O) groups is 1. The molecule has 0 radical (unpaired) electrons. The fourth-order valence-corrected chi connectivity index (χ4v) is 3.29.